The van der Waals surface area contributed by atoms with E-state index in [2.05, 4.69) is 14.9 Å². The van der Waals surface area contributed by atoms with Crippen molar-refractivity contribution in [2.45, 2.75) is 45.6 Å². The summed E-state index contributed by atoms with van der Waals surface area (Å²) < 4.78 is 5.89. The second kappa shape index (κ2) is 10.6. The van der Waals surface area contributed by atoms with Gasteiger partial charge >= 0.3 is 5.97 Å². The van der Waals surface area contributed by atoms with Gasteiger partial charge in [-0.3, -0.25) is 0 Å². The van der Waals surface area contributed by atoms with E-state index >= 15 is 0 Å². The molecular formula is C26H27Cl2N3O3. The number of carboxylic acid groups (broad SMARTS) is 1. The largest absolute Gasteiger partial charge is 0.494 e. The number of hydrogen-bond acceptors (Lipinski definition) is 5. The van der Waals surface area contributed by atoms with Crippen LogP contribution in [-0.4, -0.2) is 34.2 Å². The zero-order valence-corrected chi connectivity index (χ0v) is 20.7. The first kappa shape index (κ1) is 24.3. The maximum atomic E-state index is 11.8. The molecule has 1 aliphatic heterocycles. The Hall–Kier alpha value is -2.83. The van der Waals surface area contributed by atoms with Crippen LogP contribution in [0.4, 0.5) is 5.95 Å². The van der Waals surface area contributed by atoms with Crippen molar-refractivity contribution in [3.05, 3.63) is 80.6 Å². The lowest BCUT2D eigenvalue weighted by Gasteiger charge is -2.25. The van der Waals surface area contributed by atoms with E-state index in [0.29, 0.717) is 36.1 Å². The molecule has 4 rings (SSSR count). The van der Waals surface area contributed by atoms with E-state index in [1.165, 1.54) is 6.20 Å². The van der Waals surface area contributed by atoms with E-state index in [4.69, 9.17) is 27.9 Å². The van der Waals surface area contributed by atoms with Crippen molar-refractivity contribution in [3.63, 3.8) is 0 Å². The molecule has 3 aromatic rings. The molecule has 1 atom stereocenters. The van der Waals surface area contributed by atoms with Gasteiger partial charge in [0.25, 0.3) is 0 Å². The Labute approximate surface area is 209 Å². The Balaban J connectivity index is 1.47. The number of aromatic carboxylic acids is 1. The molecule has 0 aliphatic carbocycles. The molecule has 0 saturated carbocycles. The van der Waals surface area contributed by atoms with E-state index in [1.54, 1.807) is 0 Å². The number of nitrogens with zero attached hydrogens (tertiary/aromatic N) is 3. The van der Waals surface area contributed by atoms with Crippen molar-refractivity contribution in [1.82, 2.24) is 9.97 Å². The van der Waals surface area contributed by atoms with E-state index in [0.717, 1.165) is 46.8 Å². The molecule has 0 bridgehead atoms. The molecule has 1 fully saturated rings. The lowest BCUT2D eigenvalue weighted by atomic mass is 10.0. The van der Waals surface area contributed by atoms with Crippen LogP contribution in [0, 0.1) is 13.8 Å². The minimum atomic E-state index is -1.03. The van der Waals surface area contributed by atoms with Crippen molar-refractivity contribution in [2.24, 2.45) is 0 Å². The van der Waals surface area contributed by atoms with Crippen molar-refractivity contribution in [3.8, 4) is 5.75 Å². The topological polar surface area (TPSA) is 75.5 Å². The summed E-state index contributed by atoms with van der Waals surface area (Å²) >= 11 is 12.3. The number of aryl methyl sites for hydroxylation is 3. The number of benzene rings is 2. The van der Waals surface area contributed by atoms with Gasteiger partial charge in [-0.1, -0.05) is 35.3 Å². The molecule has 34 heavy (non-hydrogen) atoms. The van der Waals surface area contributed by atoms with Gasteiger partial charge in [-0.15, -0.1) is 0 Å². The highest BCUT2D eigenvalue weighted by molar-refractivity contribution is 6.32. The molecule has 1 N–H and O–H groups in total. The summed E-state index contributed by atoms with van der Waals surface area (Å²) in [6.07, 6.45) is 4.51. The molecule has 8 heteroatoms. The minimum Gasteiger partial charge on any atom is -0.494 e. The van der Waals surface area contributed by atoms with E-state index in [-0.39, 0.29) is 11.6 Å². The van der Waals surface area contributed by atoms with Crippen LogP contribution >= 0.6 is 23.2 Å². The third-order valence-electron chi connectivity index (χ3n) is 6.09. The lowest BCUT2D eigenvalue weighted by Crippen LogP contribution is -2.25. The summed E-state index contributed by atoms with van der Waals surface area (Å²) in [7, 11) is 0. The van der Waals surface area contributed by atoms with Crippen molar-refractivity contribution in [1.29, 1.82) is 0 Å². The maximum absolute atomic E-state index is 11.8. The Morgan fingerprint density at radius 2 is 1.88 bits per heavy atom. The number of carbonyl (C=O) groups is 1. The Kier molecular flexibility index (Phi) is 7.59. The zero-order chi connectivity index (χ0) is 24.2. The van der Waals surface area contributed by atoms with Crippen LogP contribution in [-0.2, 0) is 6.42 Å². The Bertz CT molecular complexity index is 1160. The van der Waals surface area contributed by atoms with Gasteiger partial charge in [0.1, 0.15) is 5.75 Å². The third-order valence-corrected chi connectivity index (χ3v) is 6.93. The molecule has 178 valence electrons. The third kappa shape index (κ3) is 5.45. The fourth-order valence-corrected chi connectivity index (χ4v) is 4.61. The standard InChI is InChI=1S/C26H27Cl2N3O3/c1-16-13-20(14-17(2)24(16)28)34-12-4-5-22-21(25(32)33)15-29-26(30-22)31-11-3-6-23(31)18-7-9-19(27)10-8-18/h7-10,13-15,23H,3-6,11-12H2,1-2H3,(H,32,33)/t23-/m1/s1. The van der Waals surface area contributed by atoms with Gasteiger partial charge in [-0.05, 0) is 80.5 Å². The molecule has 1 saturated heterocycles. The predicted molar refractivity (Wildman–Crippen MR) is 135 cm³/mol. The number of rotatable bonds is 8. The van der Waals surface area contributed by atoms with Gasteiger partial charge in [-0.2, -0.15) is 0 Å². The minimum absolute atomic E-state index is 0.129. The first-order chi connectivity index (χ1) is 16.3. The maximum Gasteiger partial charge on any atom is 0.339 e. The summed E-state index contributed by atoms with van der Waals surface area (Å²) in [4.78, 5) is 23.0. The van der Waals surface area contributed by atoms with Crippen LogP contribution in [0.15, 0.2) is 42.6 Å². The molecule has 6 nitrogen and oxygen atoms in total. The van der Waals surface area contributed by atoms with Gasteiger partial charge in [0.05, 0.1) is 23.9 Å². The summed E-state index contributed by atoms with van der Waals surface area (Å²) in [6, 6.07) is 11.8. The normalized spacial score (nSPS) is 15.5. The molecule has 2 heterocycles. The van der Waals surface area contributed by atoms with Crippen molar-refractivity contribution in [2.75, 3.05) is 18.1 Å². The quantitative estimate of drug-likeness (QED) is 0.358. The molecule has 2 aromatic carbocycles. The first-order valence-electron chi connectivity index (χ1n) is 11.3. The van der Waals surface area contributed by atoms with Crippen molar-refractivity contribution >= 4 is 35.1 Å². The number of anilines is 1. The summed E-state index contributed by atoms with van der Waals surface area (Å²) in [5, 5.41) is 11.1. The monoisotopic (exact) mass is 499 g/mol. The van der Waals surface area contributed by atoms with Crippen LogP contribution in [0.25, 0.3) is 0 Å². The van der Waals surface area contributed by atoms with Gasteiger partial charge in [0, 0.05) is 22.8 Å². The Morgan fingerprint density at radius 3 is 2.56 bits per heavy atom. The fourth-order valence-electron chi connectivity index (χ4n) is 4.37. The summed E-state index contributed by atoms with van der Waals surface area (Å²) in [6.45, 7) is 5.15. The number of aromatic nitrogens is 2. The highest BCUT2D eigenvalue weighted by atomic mass is 35.5. The van der Waals surface area contributed by atoms with E-state index in [1.807, 2.05) is 50.2 Å². The molecule has 1 aromatic heterocycles. The van der Waals surface area contributed by atoms with Crippen LogP contribution in [0.1, 0.15) is 58.0 Å². The molecular weight excluding hydrogens is 473 g/mol. The molecule has 0 unspecified atom stereocenters. The summed E-state index contributed by atoms with van der Waals surface area (Å²) in [5.41, 5.74) is 3.73. The van der Waals surface area contributed by atoms with Crippen LogP contribution < -0.4 is 9.64 Å². The predicted octanol–water partition coefficient (Wildman–Crippen LogP) is 6.45. The zero-order valence-electron chi connectivity index (χ0n) is 19.2. The number of ether oxygens (including phenoxy) is 1. The number of carboxylic acids is 1. The van der Waals surface area contributed by atoms with Gasteiger partial charge in [-0.25, -0.2) is 14.8 Å². The molecule has 1 aliphatic rings. The number of halogens is 2. The van der Waals surface area contributed by atoms with Crippen LogP contribution in [0.2, 0.25) is 10.0 Å². The smallest absolute Gasteiger partial charge is 0.339 e. The average Bonchev–Trinajstić information content (AvgIpc) is 3.30. The number of hydrogen-bond donors (Lipinski definition) is 1. The molecule has 0 spiro atoms. The molecule has 0 amide bonds. The lowest BCUT2D eigenvalue weighted by molar-refractivity contribution is 0.0694. The van der Waals surface area contributed by atoms with Gasteiger partial charge < -0.3 is 14.7 Å². The fraction of sp³-hybridized carbons (Fsp3) is 0.346. The van der Waals surface area contributed by atoms with E-state index < -0.39 is 5.97 Å². The average molecular weight is 500 g/mol. The second-order valence-corrected chi connectivity index (χ2v) is 9.38. The second-order valence-electron chi connectivity index (χ2n) is 8.56. The van der Waals surface area contributed by atoms with Crippen LogP contribution in [0.3, 0.4) is 0 Å². The van der Waals surface area contributed by atoms with Crippen molar-refractivity contribution < 1.29 is 14.6 Å². The van der Waals surface area contributed by atoms with Crippen LogP contribution in [0.5, 0.6) is 5.75 Å². The van der Waals surface area contributed by atoms with Gasteiger partial charge in [0.15, 0.2) is 0 Å². The Morgan fingerprint density at radius 1 is 1.18 bits per heavy atom. The van der Waals surface area contributed by atoms with Gasteiger partial charge in [0.2, 0.25) is 5.95 Å². The van der Waals surface area contributed by atoms with E-state index in [9.17, 15) is 9.90 Å². The highest BCUT2D eigenvalue weighted by Crippen LogP contribution is 2.35. The molecule has 0 radical (unpaired) electrons. The first-order valence-corrected chi connectivity index (χ1v) is 12.1. The SMILES string of the molecule is Cc1cc(OCCCc2nc(N3CCC[C@@H]3c3ccc(Cl)cc3)ncc2C(=O)O)cc(C)c1Cl. The highest BCUT2D eigenvalue weighted by Gasteiger charge is 2.29. The summed E-state index contributed by atoms with van der Waals surface area (Å²) in [5.74, 6) is 0.286.